The van der Waals surface area contributed by atoms with Crippen LogP contribution in [0.15, 0.2) is 95.2 Å². The first-order valence-electron chi connectivity index (χ1n) is 13.8. The number of aromatic nitrogens is 1. The fraction of sp³-hybridized carbons (Fsp3) is 0.294. The van der Waals surface area contributed by atoms with Crippen molar-refractivity contribution < 1.29 is 14.6 Å². The van der Waals surface area contributed by atoms with Crippen LogP contribution in [-0.2, 0) is 17.8 Å². The third-order valence-electron chi connectivity index (χ3n) is 7.49. The predicted octanol–water partition coefficient (Wildman–Crippen LogP) is 7.80. The van der Waals surface area contributed by atoms with Crippen LogP contribution in [0.1, 0.15) is 60.9 Å². The Kier molecular flexibility index (Phi) is 8.26. The highest BCUT2D eigenvalue weighted by Gasteiger charge is 2.32. The third-order valence-corrected chi connectivity index (χ3v) is 7.49. The van der Waals surface area contributed by atoms with Gasteiger partial charge in [0.25, 0.3) is 0 Å². The number of hydrogen-bond acceptors (Lipinski definition) is 4. The van der Waals surface area contributed by atoms with Crippen molar-refractivity contribution in [2.45, 2.75) is 58.5 Å². The Morgan fingerprint density at radius 2 is 1.77 bits per heavy atom. The second kappa shape index (κ2) is 12.2. The number of hydrogen-bond donors (Lipinski definition) is 2. The van der Waals surface area contributed by atoms with Crippen LogP contribution in [0.4, 0.5) is 0 Å². The Labute approximate surface area is 230 Å². The highest BCUT2D eigenvalue weighted by Crippen LogP contribution is 2.34. The molecule has 0 amide bonds. The molecule has 5 heteroatoms. The number of ketones is 1. The van der Waals surface area contributed by atoms with Crippen molar-refractivity contribution in [2.24, 2.45) is 4.99 Å². The van der Waals surface area contributed by atoms with Crippen molar-refractivity contribution in [1.29, 1.82) is 0 Å². The van der Waals surface area contributed by atoms with Gasteiger partial charge in [-0.2, -0.15) is 0 Å². The summed E-state index contributed by atoms with van der Waals surface area (Å²) in [5, 5.41) is 11.9. The average Bonchev–Trinajstić information content (AvgIpc) is 3.27. The highest BCUT2D eigenvalue weighted by molar-refractivity contribution is 6.24. The van der Waals surface area contributed by atoms with Gasteiger partial charge in [-0.3, -0.25) is 9.79 Å². The van der Waals surface area contributed by atoms with E-state index in [1.165, 1.54) is 5.56 Å². The lowest BCUT2D eigenvalue weighted by Crippen LogP contribution is -2.27. The first-order chi connectivity index (χ1) is 19.0. The Balaban J connectivity index is 1.37. The molecule has 0 unspecified atom stereocenters. The number of benzene rings is 3. The summed E-state index contributed by atoms with van der Waals surface area (Å²) in [6.45, 7) is 5.15. The van der Waals surface area contributed by atoms with Crippen LogP contribution in [0.2, 0.25) is 0 Å². The van der Waals surface area contributed by atoms with Gasteiger partial charge in [-0.05, 0) is 67.0 Å². The van der Waals surface area contributed by atoms with Crippen LogP contribution in [-0.4, -0.2) is 28.1 Å². The summed E-state index contributed by atoms with van der Waals surface area (Å²) in [7, 11) is 0. The summed E-state index contributed by atoms with van der Waals surface area (Å²) in [6.07, 6.45) is 3.05. The standard InChI is InChI=1S/C34H36N2O3/c1-3-10-32(37)34-31(19-26(20-33(34)38)25-13-8-5-9-14-25)35-18-17-28-23(2)36-30-16-15-27(21-29(28)30)39-22-24-11-6-4-7-12-24/h4-9,11-16,21,26,36-37H,3,10,17-20,22H2,1-2H3/t26-/m0/s1. The molecule has 1 aromatic heterocycles. The van der Waals surface area contributed by atoms with Gasteiger partial charge in [0.2, 0.25) is 0 Å². The Morgan fingerprint density at radius 3 is 2.51 bits per heavy atom. The number of aryl methyl sites for hydroxylation is 1. The number of aliphatic hydroxyl groups excluding tert-OH is 1. The predicted molar refractivity (Wildman–Crippen MR) is 158 cm³/mol. The number of ether oxygens (including phenoxy) is 1. The van der Waals surface area contributed by atoms with E-state index < -0.39 is 0 Å². The molecule has 1 fully saturated rings. The Hall–Kier alpha value is -4.12. The fourth-order valence-corrected chi connectivity index (χ4v) is 5.51. The van der Waals surface area contributed by atoms with Gasteiger partial charge in [0, 0.05) is 41.7 Å². The van der Waals surface area contributed by atoms with Crippen molar-refractivity contribution >= 4 is 22.4 Å². The van der Waals surface area contributed by atoms with Gasteiger partial charge < -0.3 is 14.8 Å². The molecule has 0 saturated heterocycles. The normalized spacial score (nSPS) is 18.1. The topological polar surface area (TPSA) is 74.7 Å². The molecule has 1 aliphatic rings. The van der Waals surface area contributed by atoms with E-state index in [0.717, 1.165) is 52.0 Å². The third kappa shape index (κ3) is 6.14. The molecule has 1 atom stereocenters. The molecule has 1 heterocycles. The number of nitrogens with zero attached hydrogens (tertiary/aromatic N) is 1. The van der Waals surface area contributed by atoms with Crippen LogP contribution >= 0.6 is 0 Å². The number of aromatic amines is 1. The lowest BCUT2D eigenvalue weighted by Gasteiger charge is -2.26. The first-order valence-corrected chi connectivity index (χ1v) is 13.8. The monoisotopic (exact) mass is 520 g/mol. The first kappa shape index (κ1) is 26.5. The molecule has 0 bridgehead atoms. The number of carbonyl (C=O) groups is 1. The van der Waals surface area contributed by atoms with Gasteiger partial charge in [-0.25, -0.2) is 0 Å². The van der Waals surface area contributed by atoms with Gasteiger partial charge in [0.15, 0.2) is 5.78 Å². The molecule has 200 valence electrons. The van der Waals surface area contributed by atoms with E-state index in [1.807, 2.05) is 49.4 Å². The second-order valence-electron chi connectivity index (χ2n) is 10.3. The summed E-state index contributed by atoms with van der Waals surface area (Å²) < 4.78 is 6.08. The number of allylic oxidation sites excluding steroid dienone is 2. The lowest BCUT2D eigenvalue weighted by molar-refractivity contribution is -0.116. The molecule has 0 aliphatic heterocycles. The number of nitrogens with one attached hydrogen (secondary N) is 1. The van der Waals surface area contributed by atoms with Crippen LogP contribution in [0.5, 0.6) is 5.75 Å². The SMILES string of the molecule is CCCC(O)=C1C(=O)C[C@@H](c2ccccc2)CC1=NCCc1c(C)[nH]c2ccc(OCc3ccccc3)cc12. The number of aliphatic imine (C=N–C) groups is 1. The molecule has 1 aliphatic carbocycles. The fourth-order valence-electron chi connectivity index (χ4n) is 5.51. The van der Waals surface area contributed by atoms with Gasteiger partial charge in [0.1, 0.15) is 18.1 Å². The Bertz CT molecular complexity index is 1500. The summed E-state index contributed by atoms with van der Waals surface area (Å²) in [5.41, 5.74) is 6.82. The summed E-state index contributed by atoms with van der Waals surface area (Å²) in [6, 6.07) is 26.5. The molecule has 39 heavy (non-hydrogen) atoms. The minimum absolute atomic E-state index is 0.0108. The van der Waals surface area contributed by atoms with Gasteiger partial charge >= 0.3 is 0 Å². The van der Waals surface area contributed by atoms with E-state index in [0.29, 0.717) is 38.0 Å². The van der Waals surface area contributed by atoms with Crippen LogP contribution in [0.25, 0.3) is 10.9 Å². The van der Waals surface area contributed by atoms with Crippen molar-refractivity contribution in [3.8, 4) is 5.75 Å². The summed E-state index contributed by atoms with van der Waals surface area (Å²) in [5.74, 6) is 1.07. The van der Waals surface area contributed by atoms with Gasteiger partial charge in [-0.15, -0.1) is 0 Å². The van der Waals surface area contributed by atoms with E-state index in [4.69, 9.17) is 9.73 Å². The van der Waals surface area contributed by atoms with E-state index in [2.05, 4.69) is 48.3 Å². The smallest absolute Gasteiger partial charge is 0.168 e. The number of H-pyrrole nitrogens is 1. The maximum absolute atomic E-state index is 13.2. The molecule has 0 radical (unpaired) electrons. The quantitative estimate of drug-likeness (QED) is 0.175. The number of rotatable bonds is 9. The van der Waals surface area contributed by atoms with Crippen LogP contribution in [0, 0.1) is 6.92 Å². The maximum atomic E-state index is 13.2. The average molecular weight is 521 g/mol. The van der Waals surface area contributed by atoms with Crippen molar-refractivity contribution in [2.75, 3.05) is 6.54 Å². The number of fused-ring (bicyclic) bond motifs is 1. The number of carbonyl (C=O) groups excluding carboxylic acids is 1. The van der Waals surface area contributed by atoms with E-state index >= 15 is 0 Å². The zero-order valence-corrected chi connectivity index (χ0v) is 22.7. The minimum atomic E-state index is -0.0108. The number of aliphatic hydroxyl groups is 1. The van der Waals surface area contributed by atoms with Crippen molar-refractivity contribution in [3.63, 3.8) is 0 Å². The van der Waals surface area contributed by atoms with Gasteiger partial charge in [0.05, 0.1) is 5.57 Å². The molecular formula is C34H36N2O3. The largest absolute Gasteiger partial charge is 0.511 e. The van der Waals surface area contributed by atoms with E-state index in [9.17, 15) is 9.90 Å². The maximum Gasteiger partial charge on any atom is 0.168 e. The molecule has 4 aromatic rings. The lowest BCUT2D eigenvalue weighted by atomic mass is 9.78. The molecule has 3 aromatic carbocycles. The van der Waals surface area contributed by atoms with Gasteiger partial charge in [-0.1, -0.05) is 67.6 Å². The van der Waals surface area contributed by atoms with Crippen molar-refractivity contribution in [3.05, 3.63) is 113 Å². The van der Waals surface area contributed by atoms with Crippen LogP contribution in [0.3, 0.4) is 0 Å². The molecule has 0 spiro atoms. The number of Topliss-reactive ketones (excluding diaryl/α,β-unsaturated/α-hetero) is 1. The van der Waals surface area contributed by atoms with E-state index in [-0.39, 0.29) is 17.5 Å². The zero-order chi connectivity index (χ0) is 27.2. The van der Waals surface area contributed by atoms with Crippen LogP contribution < -0.4 is 4.74 Å². The Morgan fingerprint density at radius 1 is 1.03 bits per heavy atom. The minimum Gasteiger partial charge on any atom is -0.511 e. The summed E-state index contributed by atoms with van der Waals surface area (Å²) >= 11 is 0. The molecule has 2 N–H and O–H groups in total. The second-order valence-corrected chi connectivity index (χ2v) is 10.3. The molecule has 5 nitrogen and oxygen atoms in total. The molecular weight excluding hydrogens is 484 g/mol. The zero-order valence-electron chi connectivity index (χ0n) is 22.7. The summed E-state index contributed by atoms with van der Waals surface area (Å²) in [4.78, 5) is 21.6. The highest BCUT2D eigenvalue weighted by atomic mass is 16.5. The van der Waals surface area contributed by atoms with E-state index in [1.54, 1.807) is 0 Å². The van der Waals surface area contributed by atoms with Crippen molar-refractivity contribution in [1.82, 2.24) is 4.98 Å². The molecule has 5 rings (SSSR count). The molecule has 1 saturated carbocycles.